The summed E-state index contributed by atoms with van der Waals surface area (Å²) in [6.07, 6.45) is 0. The molecule has 0 atom stereocenters. The van der Waals surface area contributed by atoms with Crippen LogP contribution in [-0.2, 0) is 6.61 Å². The van der Waals surface area contributed by atoms with E-state index in [1.165, 1.54) is 6.07 Å². The summed E-state index contributed by atoms with van der Waals surface area (Å²) in [6.45, 7) is -0.0170. The molecule has 0 unspecified atom stereocenters. The van der Waals surface area contributed by atoms with Crippen LogP contribution in [0.4, 0.5) is 10.1 Å². The van der Waals surface area contributed by atoms with Crippen molar-refractivity contribution in [2.24, 2.45) is 0 Å². The second kappa shape index (κ2) is 5.23. The van der Waals surface area contributed by atoms with Crippen molar-refractivity contribution in [2.45, 2.75) is 6.61 Å². The van der Waals surface area contributed by atoms with Gasteiger partial charge in [-0.2, -0.15) is 0 Å². The Bertz CT molecular complexity index is 592. The van der Waals surface area contributed by atoms with Gasteiger partial charge in [-0.05, 0) is 23.7 Å². The molecule has 9 heteroatoms. The number of ether oxygens (including phenoxy) is 1. The van der Waals surface area contributed by atoms with Crippen molar-refractivity contribution in [1.82, 2.24) is 10.2 Å². The van der Waals surface area contributed by atoms with E-state index in [1.807, 2.05) is 0 Å². The molecule has 0 radical (unpaired) electrons. The molecule has 0 aliphatic carbocycles. The summed E-state index contributed by atoms with van der Waals surface area (Å²) in [7, 11) is 0. The van der Waals surface area contributed by atoms with E-state index in [-0.39, 0.29) is 16.8 Å². The van der Waals surface area contributed by atoms with Gasteiger partial charge in [-0.3, -0.25) is 10.1 Å². The molecule has 2 aromatic rings. The summed E-state index contributed by atoms with van der Waals surface area (Å²) >= 11 is 6.67. The van der Waals surface area contributed by atoms with Gasteiger partial charge in [0.25, 0.3) is 0 Å². The lowest BCUT2D eigenvalue weighted by Gasteiger charge is -2.04. The molecule has 6 nitrogen and oxygen atoms in total. The molecule has 1 aromatic carbocycles. The second-order valence-corrected chi connectivity index (χ2v) is 4.75. The molecule has 0 amide bonds. The number of nitro groups is 1. The van der Waals surface area contributed by atoms with Gasteiger partial charge in [0.1, 0.15) is 12.4 Å². The number of hydrogen-bond acceptors (Lipinski definition) is 6. The lowest BCUT2D eigenvalue weighted by molar-refractivity contribution is -0.386. The lowest BCUT2D eigenvalue weighted by Crippen LogP contribution is -1.99. The predicted octanol–water partition coefficient (Wildman–Crippen LogP) is 2.82. The second-order valence-electron chi connectivity index (χ2n) is 3.11. The molecule has 0 fully saturated rings. The van der Waals surface area contributed by atoms with Crippen molar-refractivity contribution >= 4 is 28.6 Å². The highest BCUT2D eigenvalue weighted by Gasteiger charge is 2.16. The smallest absolute Gasteiger partial charge is 0.313 e. The number of hydrogen-bond donors (Lipinski definition) is 0. The molecule has 0 aliphatic rings. The maximum absolute atomic E-state index is 12.9. The molecule has 18 heavy (non-hydrogen) atoms. The Kier molecular flexibility index (Phi) is 3.68. The molecule has 0 saturated heterocycles. The summed E-state index contributed by atoms with van der Waals surface area (Å²) < 4.78 is 18.3. The minimum Gasteiger partial charge on any atom is -0.479 e. The normalized spacial score (nSPS) is 10.3. The zero-order valence-corrected chi connectivity index (χ0v) is 10.2. The van der Waals surface area contributed by atoms with E-state index in [0.717, 1.165) is 23.5 Å². The number of nitrogens with zero attached hydrogens (tertiary/aromatic N) is 3. The van der Waals surface area contributed by atoms with Gasteiger partial charge in [0, 0.05) is 0 Å². The third-order valence-electron chi connectivity index (χ3n) is 1.91. The van der Waals surface area contributed by atoms with E-state index >= 15 is 0 Å². The largest absolute Gasteiger partial charge is 0.479 e. The van der Waals surface area contributed by atoms with Gasteiger partial charge in [0.15, 0.2) is 10.8 Å². The quantitative estimate of drug-likeness (QED) is 0.639. The third-order valence-corrected chi connectivity index (χ3v) is 2.90. The molecule has 0 aliphatic heterocycles. The SMILES string of the molecule is O=[N+]([O-])c1cc(F)ccc1OCc1nnc(Cl)s1. The van der Waals surface area contributed by atoms with Crippen molar-refractivity contribution < 1.29 is 14.1 Å². The van der Waals surface area contributed by atoms with Gasteiger partial charge < -0.3 is 4.74 Å². The topological polar surface area (TPSA) is 78.2 Å². The molecule has 94 valence electrons. The highest BCUT2D eigenvalue weighted by molar-refractivity contribution is 7.15. The summed E-state index contributed by atoms with van der Waals surface area (Å²) in [5.74, 6) is -0.735. The van der Waals surface area contributed by atoms with E-state index in [0.29, 0.717) is 5.01 Å². The van der Waals surface area contributed by atoms with Crippen LogP contribution >= 0.6 is 22.9 Å². The molecule has 0 spiro atoms. The Morgan fingerprint density at radius 1 is 1.50 bits per heavy atom. The molecule has 0 N–H and O–H groups in total. The average Bonchev–Trinajstić information content (AvgIpc) is 2.73. The van der Waals surface area contributed by atoms with Crippen molar-refractivity contribution in [1.29, 1.82) is 0 Å². The van der Waals surface area contributed by atoms with Crippen LogP contribution in [0.2, 0.25) is 4.47 Å². The monoisotopic (exact) mass is 289 g/mol. The molecular weight excluding hydrogens is 285 g/mol. The van der Waals surface area contributed by atoms with Crippen LogP contribution in [0.1, 0.15) is 5.01 Å². The van der Waals surface area contributed by atoms with Crippen molar-refractivity contribution in [2.75, 3.05) is 0 Å². The van der Waals surface area contributed by atoms with Crippen molar-refractivity contribution in [3.63, 3.8) is 0 Å². The zero-order chi connectivity index (χ0) is 13.1. The Morgan fingerprint density at radius 3 is 2.89 bits per heavy atom. The van der Waals surface area contributed by atoms with Crippen molar-refractivity contribution in [3.05, 3.63) is 43.6 Å². The highest BCUT2D eigenvalue weighted by atomic mass is 35.5. The van der Waals surface area contributed by atoms with Gasteiger partial charge in [0.05, 0.1) is 11.0 Å². The first-order valence-corrected chi connectivity index (χ1v) is 5.80. The lowest BCUT2D eigenvalue weighted by atomic mass is 10.3. The maximum Gasteiger partial charge on any atom is 0.313 e. The van der Waals surface area contributed by atoms with E-state index in [2.05, 4.69) is 10.2 Å². The van der Waals surface area contributed by atoms with Gasteiger partial charge in [-0.25, -0.2) is 4.39 Å². The van der Waals surface area contributed by atoms with Crippen molar-refractivity contribution in [3.8, 4) is 5.75 Å². The molecule has 2 rings (SSSR count). The van der Waals surface area contributed by atoms with Crippen LogP contribution in [0.3, 0.4) is 0 Å². The predicted molar refractivity (Wildman–Crippen MR) is 62.3 cm³/mol. The maximum atomic E-state index is 12.9. The average molecular weight is 290 g/mol. The summed E-state index contributed by atoms with van der Waals surface area (Å²) in [5, 5.41) is 18.4. The van der Waals surface area contributed by atoms with E-state index in [1.54, 1.807) is 0 Å². The number of rotatable bonds is 4. The van der Waals surface area contributed by atoms with Crippen LogP contribution < -0.4 is 4.74 Å². The van der Waals surface area contributed by atoms with Crippen LogP contribution in [0.5, 0.6) is 5.75 Å². The minimum absolute atomic E-state index is 0.0170. The number of nitro benzene ring substituents is 1. The highest BCUT2D eigenvalue weighted by Crippen LogP contribution is 2.28. The number of benzene rings is 1. The van der Waals surface area contributed by atoms with Crippen LogP contribution in [0.15, 0.2) is 18.2 Å². The van der Waals surface area contributed by atoms with E-state index in [9.17, 15) is 14.5 Å². The molecule has 1 heterocycles. The van der Waals surface area contributed by atoms with Crippen LogP contribution in [0, 0.1) is 15.9 Å². The van der Waals surface area contributed by atoms with Crippen LogP contribution in [0.25, 0.3) is 0 Å². The van der Waals surface area contributed by atoms with Gasteiger partial charge >= 0.3 is 5.69 Å². The first-order chi connectivity index (χ1) is 8.56. The molecular formula is C9H5ClFN3O3S. The Hall–Kier alpha value is -1.80. The fourth-order valence-corrected chi connectivity index (χ4v) is 1.97. The third kappa shape index (κ3) is 2.90. The summed E-state index contributed by atoms with van der Waals surface area (Å²) in [6, 6.07) is 3.06. The Morgan fingerprint density at radius 2 is 2.28 bits per heavy atom. The van der Waals surface area contributed by atoms with Gasteiger partial charge in [0.2, 0.25) is 4.47 Å². The summed E-state index contributed by atoms with van der Waals surface area (Å²) in [4.78, 5) is 9.99. The minimum atomic E-state index is -0.717. The first kappa shape index (κ1) is 12.7. The fraction of sp³-hybridized carbons (Fsp3) is 0.111. The van der Waals surface area contributed by atoms with Gasteiger partial charge in [-0.1, -0.05) is 11.3 Å². The first-order valence-electron chi connectivity index (χ1n) is 4.61. The van der Waals surface area contributed by atoms with Gasteiger partial charge in [-0.15, -0.1) is 10.2 Å². The number of halogens is 2. The number of aromatic nitrogens is 2. The molecule has 0 saturated carbocycles. The Balaban J connectivity index is 2.16. The molecule has 0 bridgehead atoms. The fourth-order valence-electron chi connectivity index (χ4n) is 1.19. The molecule has 1 aromatic heterocycles. The summed E-state index contributed by atoms with van der Waals surface area (Å²) in [5.41, 5.74) is -0.439. The van der Waals surface area contributed by atoms with E-state index < -0.39 is 16.4 Å². The standard InChI is InChI=1S/C9H5ClFN3O3S/c10-9-13-12-8(18-9)4-17-7-2-1-5(11)3-6(7)14(15)16/h1-3H,4H2. The van der Waals surface area contributed by atoms with E-state index in [4.69, 9.17) is 16.3 Å². The van der Waals surface area contributed by atoms with Crippen LogP contribution in [-0.4, -0.2) is 15.1 Å². The Labute approximate surface area is 109 Å². The zero-order valence-electron chi connectivity index (χ0n) is 8.67.